The molecule has 0 aromatic carbocycles. The minimum Gasteiger partial charge on any atom is -0.331 e. The summed E-state index contributed by atoms with van der Waals surface area (Å²) in [4.78, 5) is 18.0. The lowest BCUT2D eigenvalue weighted by molar-refractivity contribution is -0.117. The molecule has 0 aliphatic heterocycles. The lowest BCUT2D eigenvalue weighted by Gasteiger charge is -2.13. The SMILES string of the molecule is CC(C)(Br)C(=O)Nc1ncc[nH]1. The molecule has 4 nitrogen and oxygen atoms in total. The lowest BCUT2D eigenvalue weighted by Crippen LogP contribution is -2.31. The maximum atomic E-state index is 11.3. The number of anilines is 1. The van der Waals surface area contributed by atoms with Crippen LogP contribution in [0.4, 0.5) is 5.95 Å². The topological polar surface area (TPSA) is 57.8 Å². The standard InChI is InChI=1S/C7H10BrN3O/c1-7(2,8)5(12)11-6-9-3-4-10-6/h3-4H,1-2H3,(H2,9,10,11,12). The Balaban J connectivity index is 2.60. The molecule has 0 bridgehead atoms. The number of H-pyrrole nitrogens is 1. The van der Waals surface area contributed by atoms with Crippen molar-refractivity contribution < 1.29 is 4.79 Å². The van der Waals surface area contributed by atoms with Gasteiger partial charge in [-0.05, 0) is 13.8 Å². The Labute approximate surface area is 78.9 Å². The highest BCUT2D eigenvalue weighted by molar-refractivity contribution is 9.10. The van der Waals surface area contributed by atoms with Crippen LogP contribution in [0.25, 0.3) is 0 Å². The molecule has 0 saturated carbocycles. The van der Waals surface area contributed by atoms with Gasteiger partial charge in [-0.2, -0.15) is 0 Å². The first-order valence-electron chi connectivity index (χ1n) is 3.50. The molecule has 0 spiro atoms. The molecule has 0 aliphatic carbocycles. The number of aromatic nitrogens is 2. The Morgan fingerprint density at radius 2 is 2.42 bits per heavy atom. The van der Waals surface area contributed by atoms with Gasteiger partial charge in [0.15, 0.2) is 0 Å². The number of aromatic amines is 1. The molecule has 0 atom stereocenters. The zero-order valence-corrected chi connectivity index (χ0v) is 8.47. The summed E-state index contributed by atoms with van der Waals surface area (Å²) in [5.41, 5.74) is 0. The molecule has 5 heteroatoms. The van der Waals surface area contributed by atoms with Gasteiger partial charge in [-0.1, -0.05) is 15.9 Å². The molecule has 1 rings (SSSR count). The van der Waals surface area contributed by atoms with Crippen molar-refractivity contribution in [2.24, 2.45) is 0 Å². The number of alkyl halides is 1. The van der Waals surface area contributed by atoms with Gasteiger partial charge < -0.3 is 4.98 Å². The maximum absolute atomic E-state index is 11.3. The zero-order valence-electron chi connectivity index (χ0n) is 6.89. The molecule has 1 heterocycles. The Hall–Kier alpha value is -0.840. The number of carbonyl (C=O) groups is 1. The third-order valence-corrected chi connectivity index (χ3v) is 1.63. The number of rotatable bonds is 2. The molecule has 0 radical (unpaired) electrons. The Bertz CT molecular complexity index is 263. The van der Waals surface area contributed by atoms with E-state index in [0.717, 1.165) is 0 Å². The number of carbonyl (C=O) groups excluding carboxylic acids is 1. The Morgan fingerprint density at radius 1 is 1.75 bits per heavy atom. The molecular weight excluding hydrogens is 222 g/mol. The smallest absolute Gasteiger partial charge is 0.243 e. The average Bonchev–Trinajstić information content (AvgIpc) is 2.37. The van der Waals surface area contributed by atoms with Crippen molar-refractivity contribution in [3.63, 3.8) is 0 Å². The molecule has 1 aromatic heterocycles. The van der Waals surface area contributed by atoms with E-state index >= 15 is 0 Å². The van der Waals surface area contributed by atoms with E-state index in [0.29, 0.717) is 5.95 Å². The quantitative estimate of drug-likeness (QED) is 0.759. The second-order valence-corrected chi connectivity index (χ2v) is 4.85. The van der Waals surface area contributed by atoms with Gasteiger partial charge in [0.05, 0.1) is 4.32 Å². The summed E-state index contributed by atoms with van der Waals surface area (Å²) in [7, 11) is 0. The van der Waals surface area contributed by atoms with Crippen molar-refractivity contribution in [1.82, 2.24) is 9.97 Å². The monoisotopic (exact) mass is 231 g/mol. The highest BCUT2D eigenvalue weighted by atomic mass is 79.9. The predicted octanol–water partition coefficient (Wildman–Crippen LogP) is 1.52. The van der Waals surface area contributed by atoms with Gasteiger partial charge in [0, 0.05) is 12.4 Å². The van der Waals surface area contributed by atoms with Crippen LogP contribution in [0.15, 0.2) is 12.4 Å². The van der Waals surface area contributed by atoms with Crippen molar-refractivity contribution in [1.29, 1.82) is 0 Å². The first-order chi connectivity index (χ1) is 5.50. The van der Waals surface area contributed by atoms with Crippen LogP contribution in [0.5, 0.6) is 0 Å². The van der Waals surface area contributed by atoms with E-state index in [1.165, 1.54) is 0 Å². The molecular formula is C7H10BrN3O. The zero-order chi connectivity index (χ0) is 9.19. The summed E-state index contributed by atoms with van der Waals surface area (Å²) in [6, 6.07) is 0. The van der Waals surface area contributed by atoms with Gasteiger partial charge in [-0.15, -0.1) is 0 Å². The Kier molecular flexibility index (Phi) is 2.52. The van der Waals surface area contributed by atoms with Crippen LogP contribution in [0, 0.1) is 0 Å². The van der Waals surface area contributed by atoms with Gasteiger partial charge in [-0.25, -0.2) is 4.98 Å². The number of nitrogens with one attached hydrogen (secondary N) is 2. The van der Waals surface area contributed by atoms with Gasteiger partial charge in [0.25, 0.3) is 0 Å². The first-order valence-corrected chi connectivity index (χ1v) is 4.29. The van der Waals surface area contributed by atoms with Crippen LogP contribution >= 0.6 is 15.9 Å². The first kappa shape index (κ1) is 9.25. The third-order valence-electron chi connectivity index (χ3n) is 1.27. The van der Waals surface area contributed by atoms with E-state index in [1.54, 1.807) is 26.2 Å². The van der Waals surface area contributed by atoms with E-state index in [-0.39, 0.29) is 5.91 Å². The van der Waals surface area contributed by atoms with Crippen LogP contribution in [0.3, 0.4) is 0 Å². The molecule has 2 N–H and O–H groups in total. The summed E-state index contributed by atoms with van der Waals surface area (Å²) in [5.74, 6) is 0.338. The fraction of sp³-hybridized carbons (Fsp3) is 0.429. The summed E-state index contributed by atoms with van der Waals surface area (Å²) in [6.45, 7) is 3.54. The van der Waals surface area contributed by atoms with Gasteiger partial charge in [0.2, 0.25) is 11.9 Å². The normalized spacial score (nSPS) is 11.2. The number of amides is 1. The minimum absolute atomic E-state index is 0.127. The van der Waals surface area contributed by atoms with Crippen LogP contribution in [0.2, 0.25) is 0 Å². The van der Waals surface area contributed by atoms with Crippen molar-refractivity contribution in [2.45, 2.75) is 18.2 Å². The maximum Gasteiger partial charge on any atom is 0.243 e. The van der Waals surface area contributed by atoms with E-state index in [2.05, 4.69) is 31.2 Å². The number of nitrogens with zero attached hydrogens (tertiary/aromatic N) is 1. The van der Waals surface area contributed by atoms with Crippen LogP contribution < -0.4 is 5.32 Å². The van der Waals surface area contributed by atoms with Crippen LogP contribution in [-0.2, 0) is 4.79 Å². The number of hydrogen-bond acceptors (Lipinski definition) is 2. The summed E-state index contributed by atoms with van der Waals surface area (Å²) in [6.07, 6.45) is 3.23. The van der Waals surface area contributed by atoms with E-state index in [1.807, 2.05) is 0 Å². The van der Waals surface area contributed by atoms with Crippen molar-refractivity contribution >= 4 is 27.8 Å². The van der Waals surface area contributed by atoms with Crippen LogP contribution in [0.1, 0.15) is 13.8 Å². The van der Waals surface area contributed by atoms with E-state index in [4.69, 9.17) is 0 Å². The Morgan fingerprint density at radius 3 is 2.83 bits per heavy atom. The molecule has 66 valence electrons. The highest BCUT2D eigenvalue weighted by Gasteiger charge is 2.23. The molecule has 12 heavy (non-hydrogen) atoms. The second-order valence-electron chi connectivity index (χ2n) is 2.86. The van der Waals surface area contributed by atoms with Gasteiger partial charge in [0.1, 0.15) is 0 Å². The van der Waals surface area contributed by atoms with E-state index in [9.17, 15) is 4.79 Å². The van der Waals surface area contributed by atoms with Crippen LogP contribution in [-0.4, -0.2) is 20.2 Å². The minimum atomic E-state index is -0.570. The van der Waals surface area contributed by atoms with Crippen molar-refractivity contribution in [2.75, 3.05) is 5.32 Å². The predicted molar refractivity (Wildman–Crippen MR) is 50.2 cm³/mol. The fourth-order valence-electron chi connectivity index (χ4n) is 0.590. The third kappa shape index (κ3) is 2.34. The number of hydrogen-bond donors (Lipinski definition) is 2. The molecule has 0 saturated heterocycles. The van der Waals surface area contributed by atoms with E-state index < -0.39 is 4.32 Å². The van der Waals surface area contributed by atoms with Crippen molar-refractivity contribution in [3.05, 3.63) is 12.4 Å². The highest BCUT2D eigenvalue weighted by Crippen LogP contribution is 2.17. The number of halogens is 1. The summed E-state index contributed by atoms with van der Waals surface area (Å²) >= 11 is 3.24. The largest absolute Gasteiger partial charge is 0.331 e. The fourth-order valence-corrected chi connectivity index (χ4v) is 0.689. The molecule has 0 aliphatic rings. The average molecular weight is 232 g/mol. The summed E-state index contributed by atoms with van der Waals surface area (Å²) in [5, 5.41) is 2.61. The molecule has 0 unspecified atom stereocenters. The van der Waals surface area contributed by atoms with Gasteiger partial charge in [-0.3, -0.25) is 10.1 Å². The van der Waals surface area contributed by atoms with Crippen molar-refractivity contribution in [3.8, 4) is 0 Å². The molecule has 1 aromatic rings. The van der Waals surface area contributed by atoms with Gasteiger partial charge >= 0.3 is 0 Å². The number of imidazole rings is 1. The second kappa shape index (κ2) is 3.26. The molecule has 1 amide bonds. The lowest BCUT2D eigenvalue weighted by atomic mass is 10.2. The summed E-state index contributed by atoms with van der Waals surface area (Å²) < 4.78 is -0.570. The molecule has 0 fully saturated rings.